The molecule has 0 spiro atoms. The van der Waals surface area contributed by atoms with Crippen LogP contribution in [0.1, 0.15) is 25.8 Å². The van der Waals surface area contributed by atoms with Crippen molar-refractivity contribution in [3.05, 3.63) is 27.8 Å². The molecule has 0 aliphatic heterocycles. The van der Waals surface area contributed by atoms with Gasteiger partial charge in [-0.1, -0.05) is 11.3 Å². The van der Waals surface area contributed by atoms with Gasteiger partial charge in [0, 0.05) is 16.2 Å². The van der Waals surface area contributed by atoms with Gasteiger partial charge in [0.25, 0.3) is 0 Å². The lowest BCUT2D eigenvalue weighted by atomic mass is 10.1. The van der Waals surface area contributed by atoms with Gasteiger partial charge >= 0.3 is 0 Å². The normalized spacial score (nSPS) is 11.8. The van der Waals surface area contributed by atoms with Crippen molar-refractivity contribution in [3.63, 3.8) is 0 Å². The average Bonchev–Trinajstić information content (AvgIpc) is 2.75. The SMILES string of the molecule is CC(C)(C)NCc1nnc(-c2ncccc2Br)s1. The zero-order valence-electron chi connectivity index (χ0n) is 10.6. The van der Waals surface area contributed by atoms with Crippen molar-refractivity contribution in [1.82, 2.24) is 20.5 Å². The van der Waals surface area contributed by atoms with Crippen molar-refractivity contribution in [2.24, 2.45) is 0 Å². The van der Waals surface area contributed by atoms with Gasteiger partial charge in [0.2, 0.25) is 0 Å². The monoisotopic (exact) mass is 326 g/mol. The first kappa shape index (κ1) is 13.6. The van der Waals surface area contributed by atoms with Crippen LogP contribution in [0.3, 0.4) is 0 Å². The number of hydrogen-bond acceptors (Lipinski definition) is 5. The molecule has 18 heavy (non-hydrogen) atoms. The summed E-state index contributed by atoms with van der Waals surface area (Å²) in [6.07, 6.45) is 1.76. The molecular formula is C12H15BrN4S. The van der Waals surface area contributed by atoms with E-state index in [0.29, 0.717) is 0 Å². The van der Waals surface area contributed by atoms with Crippen LogP contribution in [0.15, 0.2) is 22.8 Å². The molecule has 2 rings (SSSR count). The van der Waals surface area contributed by atoms with Crippen molar-refractivity contribution in [2.45, 2.75) is 32.9 Å². The minimum atomic E-state index is 0.0808. The molecule has 2 aromatic rings. The summed E-state index contributed by atoms with van der Waals surface area (Å²) in [6, 6.07) is 3.84. The van der Waals surface area contributed by atoms with Crippen molar-refractivity contribution in [1.29, 1.82) is 0 Å². The quantitative estimate of drug-likeness (QED) is 0.940. The van der Waals surface area contributed by atoms with Gasteiger partial charge in [0.15, 0.2) is 5.01 Å². The van der Waals surface area contributed by atoms with Crippen LogP contribution in [0, 0.1) is 0 Å². The third kappa shape index (κ3) is 3.57. The van der Waals surface area contributed by atoms with Gasteiger partial charge in [-0.15, -0.1) is 10.2 Å². The van der Waals surface area contributed by atoms with Crippen LogP contribution in [0.5, 0.6) is 0 Å². The van der Waals surface area contributed by atoms with Gasteiger partial charge in [0.1, 0.15) is 10.7 Å². The topological polar surface area (TPSA) is 50.7 Å². The van der Waals surface area contributed by atoms with Crippen molar-refractivity contribution in [3.8, 4) is 10.7 Å². The van der Waals surface area contributed by atoms with Gasteiger partial charge in [0.05, 0.1) is 6.54 Å². The van der Waals surface area contributed by atoms with Crippen LogP contribution in [0.2, 0.25) is 0 Å². The highest BCUT2D eigenvalue weighted by Crippen LogP contribution is 2.28. The molecule has 1 N–H and O–H groups in total. The average molecular weight is 327 g/mol. The molecule has 0 amide bonds. The first-order chi connectivity index (χ1) is 8.46. The van der Waals surface area contributed by atoms with E-state index in [1.165, 1.54) is 0 Å². The van der Waals surface area contributed by atoms with E-state index in [4.69, 9.17) is 0 Å². The summed E-state index contributed by atoms with van der Waals surface area (Å²) < 4.78 is 0.941. The molecule has 96 valence electrons. The Kier molecular flexibility index (Phi) is 4.09. The molecule has 0 saturated carbocycles. The molecule has 0 saturated heterocycles. The fourth-order valence-corrected chi connectivity index (χ4v) is 2.67. The molecule has 4 nitrogen and oxygen atoms in total. The molecule has 0 unspecified atom stereocenters. The second-order valence-corrected chi connectivity index (χ2v) is 6.85. The molecule has 0 atom stereocenters. The standard InChI is InChI=1S/C12H15BrN4S/c1-12(2,3)15-7-9-16-17-11(18-9)10-8(13)5-4-6-14-10/h4-6,15H,7H2,1-3H3. The fourth-order valence-electron chi connectivity index (χ4n) is 1.30. The van der Waals surface area contributed by atoms with Gasteiger partial charge in [-0.2, -0.15) is 0 Å². The number of hydrogen-bond donors (Lipinski definition) is 1. The van der Waals surface area contributed by atoms with E-state index in [2.05, 4.69) is 57.2 Å². The van der Waals surface area contributed by atoms with Crippen LogP contribution >= 0.6 is 27.3 Å². The Morgan fingerprint density at radius 2 is 2.11 bits per heavy atom. The smallest absolute Gasteiger partial charge is 0.167 e. The molecule has 0 aromatic carbocycles. The summed E-state index contributed by atoms with van der Waals surface area (Å²) in [6.45, 7) is 7.12. The van der Waals surface area contributed by atoms with Crippen molar-refractivity contribution >= 4 is 27.3 Å². The predicted molar refractivity (Wildman–Crippen MR) is 77.4 cm³/mol. The van der Waals surface area contributed by atoms with E-state index in [1.807, 2.05) is 12.1 Å². The second-order valence-electron chi connectivity index (χ2n) is 4.94. The number of aromatic nitrogens is 3. The van der Waals surface area contributed by atoms with E-state index < -0.39 is 0 Å². The largest absolute Gasteiger partial charge is 0.306 e. The van der Waals surface area contributed by atoms with E-state index in [9.17, 15) is 0 Å². The Morgan fingerprint density at radius 1 is 1.33 bits per heavy atom. The highest BCUT2D eigenvalue weighted by Gasteiger charge is 2.13. The Bertz CT molecular complexity index is 533. The van der Waals surface area contributed by atoms with Crippen LogP contribution in [0.4, 0.5) is 0 Å². The Balaban J connectivity index is 2.14. The minimum Gasteiger partial charge on any atom is -0.306 e. The number of nitrogens with zero attached hydrogens (tertiary/aromatic N) is 3. The summed E-state index contributed by atoms with van der Waals surface area (Å²) in [7, 11) is 0. The maximum Gasteiger partial charge on any atom is 0.167 e. The third-order valence-corrected chi connectivity index (χ3v) is 3.77. The fraction of sp³-hybridized carbons (Fsp3) is 0.417. The molecule has 0 bridgehead atoms. The number of nitrogens with one attached hydrogen (secondary N) is 1. The van der Waals surface area contributed by atoms with Gasteiger partial charge in [-0.3, -0.25) is 4.98 Å². The van der Waals surface area contributed by atoms with Crippen molar-refractivity contribution in [2.75, 3.05) is 0 Å². The summed E-state index contributed by atoms with van der Waals surface area (Å²) in [5, 5.41) is 13.6. The molecule has 0 fully saturated rings. The van der Waals surface area contributed by atoms with Crippen molar-refractivity contribution < 1.29 is 0 Å². The maximum atomic E-state index is 4.31. The van der Waals surface area contributed by atoms with Crippen LogP contribution in [0.25, 0.3) is 10.7 Å². The summed E-state index contributed by atoms with van der Waals surface area (Å²) in [5.74, 6) is 0. The molecular weight excluding hydrogens is 312 g/mol. The lowest BCUT2D eigenvalue weighted by Crippen LogP contribution is -2.35. The lowest BCUT2D eigenvalue weighted by Gasteiger charge is -2.19. The highest BCUT2D eigenvalue weighted by atomic mass is 79.9. The highest BCUT2D eigenvalue weighted by molar-refractivity contribution is 9.10. The van der Waals surface area contributed by atoms with E-state index >= 15 is 0 Å². The third-order valence-electron chi connectivity index (χ3n) is 2.20. The molecule has 0 aliphatic rings. The predicted octanol–water partition coefficient (Wildman–Crippen LogP) is 3.25. The number of rotatable bonds is 3. The lowest BCUT2D eigenvalue weighted by molar-refractivity contribution is 0.423. The molecule has 2 aromatic heterocycles. The number of pyridine rings is 1. The van der Waals surface area contributed by atoms with Crippen LogP contribution < -0.4 is 5.32 Å². The minimum absolute atomic E-state index is 0.0808. The first-order valence-electron chi connectivity index (χ1n) is 5.64. The Labute approximate surface area is 119 Å². The van der Waals surface area contributed by atoms with Crippen LogP contribution in [-0.2, 0) is 6.54 Å². The Morgan fingerprint density at radius 3 is 2.78 bits per heavy atom. The van der Waals surface area contributed by atoms with Crippen LogP contribution in [-0.4, -0.2) is 20.7 Å². The van der Waals surface area contributed by atoms with E-state index in [-0.39, 0.29) is 5.54 Å². The Hall–Kier alpha value is -0.850. The molecule has 6 heteroatoms. The second kappa shape index (κ2) is 5.42. The molecule has 2 heterocycles. The molecule has 0 aliphatic carbocycles. The van der Waals surface area contributed by atoms with Gasteiger partial charge < -0.3 is 5.32 Å². The number of halogens is 1. The first-order valence-corrected chi connectivity index (χ1v) is 7.25. The van der Waals surface area contributed by atoms with E-state index in [0.717, 1.165) is 26.7 Å². The summed E-state index contributed by atoms with van der Waals surface area (Å²) >= 11 is 5.04. The van der Waals surface area contributed by atoms with Gasteiger partial charge in [-0.25, -0.2) is 0 Å². The zero-order chi connectivity index (χ0) is 13.2. The summed E-state index contributed by atoms with van der Waals surface area (Å²) in [5.41, 5.74) is 0.925. The van der Waals surface area contributed by atoms with E-state index in [1.54, 1.807) is 17.5 Å². The maximum absolute atomic E-state index is 4.31. The molecule has 0 radical (unpaired) electrons. The zero-order valence-corrected chi connectivity index (χ0v) is 13.0. The van der Waals surface area contributed by atoms with Gasteiger partial charge in [-0.05, 0) is 48.8 Å². The summed E-state index contributed by atoms with van der Waals surface area (Å²) in [4.78, 5) is 4.31.